The van der Waals surface area contributed by atoms with Crippen LogP contribution in [0.2, 0.25) is 0 Å². The molecule has 2 saturated carbocycles. The highest BCUT2D eigenvalue weighted by molar-refractivity contribution is 5.76. The molecule has 150 valence electrons. The number of fused-ring (bicyclic) bond motifs is 2. The number of hydrogen-bond donors (Lipinski definition) is 0. The van der Waals surface area contributed by atoms with Crippen molar-refractivity contribution in [1.82, 2.24) is 4.98 Å². The quantitative estimate of drug-likeness (QED) is 0.647. The molecule has 2 aliphatic carbocycles. The van der Waals surface area contributed by atoms with Crippen LogP contribution in [0.25, 0.3) is 17.2 Å². The Morgan fingerprint density at radius 3 is 2.79 bits per heavy atom. The number of halogens is 1. The highest BCUT2D eigenvalue weighted by Crippen LogP contribution is 2.51. The fraction of sp³-hybridized carbons (Fsp3) is 0.440. The monoisotopic (exact) mass is 391 g/mol. The molecule has 2 heterocycles. The Hall–Kier alpha value is -2.49. The third-order valence-corrected chi connectivity index (χ3v) is 7.14. The van der Waals surface area contributed by atoms with Gasteiger partial charge in [-0.1, -0.05) is 43.5 Å². The molecule has 5 atom stereocenters. The number of cyclic esters (lactones) is 1. The number of ether oxygens (including phenoxy) is 1. The normalized spacial score (nSPS) is 31.3. The topological polar surface area (TPSA) is 39.2 Å². The summed E-state index contributed by atoms with van der Waals surface area (Å²) >= 11 is 0. The van der Waals surface area contributed by atoms with Crippen molar-refractivity contribution in [2.45, 2.75) is 32.1 Å². The van der Waals surface area contributed by atoms with Gasteiger partial charge < -0.3 is 4.74 Å². The summed E-state index contributed by atoms with van der Waals surface area (Å²) in [4.78, 5) is 17.0. The van der Waals surface area contributed by atoms with Gasteiger partial charge in [0.2, 0.25) is 0 Å². The first kappa shape index (κ1) is 18.5. The van der Waals surface area contributed by atoms with Crippen LogP contribution in [0.4, 0.5) is 4.39 Å². The molecule has 3 unspecified atom stereocenters. The lowest BCUT2D eigenvalue weighted by atomic mass is 9.58. The van der Waals surface area contributed by atoms with Crippen molar-refractivity contribution in [3.05, 3.63) is 60.2 Å². The molecule has 1 aromatic heterocycles. The predicted molar refractivity (Wildman–Crippen MR) is 110 cm³/mol. The Labute approximate surface area is 171 Å². The molecular formula is C25H26FNO2. The molecule has 0 amide bonds. The van der Waals surface area contributed by atoms with E-state index in [0.29, 0.717) is 18.4 Å². The maximum atomic E-state index is 13.5. The number of carbonyl (C=O) groups is 1. The van der Waals surface area contributed by atoms with Crippen LogP contribution >= 0.6 is 0 Å². The van der Waals surface area contributed by atoms with Gasteiger partial charge >= 0.3 is 5.97 Å². The fourth-order valence-electron chi connectivity index (χ4n) is 5.77. The lowest BCUT2D eigenvalue weighted by Gasteiger charge is -2.44. The molecule has 3 aliphatic rings. The maximum Gasteiger partial charge on any atom is 0.309 e. The molecule has 1 aromatic carbocycles. The van der Waals surface area contributed by atoms with Gasteiger partial charge in [-0.05, 0) is 60.4 Å². The Balaban J connectivity index is 1.38. The average molecular weight is 391 g/mol. The summed E-state index contributed by atoms with van der Waals surface area (Å²) in [6.07, 6.45) is 12.3. The molecule has 0 spiro atoms. The summed E-state index contributed by atoms with van der Waals surface area (Å²) in [5.74, 6) is 1.68. The molecule has 4 heteroatoms. The largest absolute Gasteiger partial charge is 0.465 e. The number of benzene rings is 1. The smallest absolute Gasteiger partial charge is 0.309 e. The molecule has 2 aromatic rings. The molecule has 1 aliphatic heterocycles. The summed E-state index contributed by atoms with van der Waals surface area (Å²) in [7, 11) is 0. The molecule has 1 saturated heterocycles. The van der Waals surface area contributed by atoms with Crippen molar-refractivity contribution < 1.29 is 13.9 Å². The zero-order chi connectivity index (χ0) is 19.8. The van der Waals surface area contributed by atoms with Gasteiger partial charge in [0.15, 0.2) is 0 Å². The summed E-state index contributed by atoms with van der Waals surface area (Å²) in [6.45, 7) is 0.595. The third-order valence-electron chi connectivity index (χ3n) is 7.14. The van der Waals surface area contributed by atoms with Gasteiger partial charge in [0.25, 0.3) is 0 Å². The molecule has 5 rings (SSSR count). The van der Waals surface area contributed by atoms with E-state index in [0.717, 1.165) is 29.2 Å². The molecule has 0 N–H and O–H groups in total. The maximum absolute atomic E-state index is 13.5. The minimum atomic E-state index is -0.246. The van der Waals surface area contributed by atoms with Crippen LogP contribution < -0.4 is 0 Å². The molecule has 29 heavy (non-hydrogen) atoms. The Kier molecular flexibility index (Phi) is 4.94. The number of hydrogen-bond acceptors (Lipinski definition) is 3. The van der Waals surface area contributed by atoms with Gasteiger partial charge in [0.05, 0.1) is 18.2 Å². The number of allylic oxidation sites excluding steroid dienone is 1. The van der Waals surface area contributed by atoms with E-state index in [4.69, 9.17) is 4.74 Å². The SMILES string of the molecule is O=C1OC[C@H]2CC3CCCCC3C(/C=C/c3ccc(-c4cccc(F)c4)cn3)[C@@H]12. The van der Waals surface area contributed by atoms with Crippen LogP contribution in [0.1, 0.15) is 37.8 Å². The second-order valence-corrected chi connectivity index (χ2v) is 8.78. The van der Waals surface area contributed by atoms with Gasteiger partial charge in [-0.2, -0.15) is 0 Å². The van der Waals surface area contributed by atoms with E-state index in [9.17, 15) is 9.18 Å². The number of esters is 1. The summed E-state index contributed by atoms with van der Waals surface area (Å²) in [5.41, 5.74) is 2.58. The zero-order valence-electron chi connectivity index (χ0n) is 16.5. The van der Waals surface area contributed by atoms with E-state index in [-0.39, 0.29) is 23.6 Å². The van der Waals surface area contributed by atoms with E-state index in [1.807, 2.05) is 18.2 Å². The predicted octanol–water partition coefficient (Wildman–Crippen LogP) is 5.52. The van der Waals surface area contributed by atoms with Crippen LogP contribution in [0.5, 0.6) is 0 Å². The van der Waals surface area contributed by atoms with Crippen LogP contribution in [0.15, 0.2) is 48.7 Å². The summed E-state index contributed by atoms with van der Waals surface area (Å²) in [6, 6.07) is 10.5. The van der Waals surface area contributed by atoms with Crippen LogP contribution in [0, 0.1) is 35.4 Å². The Morgan fingerprint density at radius 2 is 1.97 bits per heavy atom. The lowest BCUT2D eigenvalue weighted by Crippen LogP contribution is -2.41. The van der Waals surface area contributed by atoms with Crippen LogP contribution in [0.3, 0.4) is 0 Å². The van der Waals surface area contributed by atoms with E-state index < -0.39 is 0 Å². The fourth-order valence-corrected chi connectivity index (χ4v) is 5.77. The highest BCUT2D eigenvalue weighted by Gasteiger charge is 2.51. The number of rotatable bonds is 3. The van der Waals surface area contributed by atoms with Gasteiger partial charge in [-0.3, -0.25) is 9.78 Å². The van der Waals surface area contributed by atoms with Crippen molar-refractivity contribution >= 4 is 12.0 Å². The first-order valence-corrected chi connectivity index (χ1v) is 10.8. The average Bonchev–Trinajstić information content (AvgIpc) is 3.12. The molecule has 0 bridgehead atoms. The Morgan fingerprint density at radius 1 is 1.07 bits per heavy atom. The molecule has 0 radical (unpaired) electrons. The van der Waals surface area contributed by atoms with Crippen LogP contribution in [-0.4, -0.2) is 17.6 Å². The van der Waals surface area contributed by atoms with Gasteiger partial charge in [0, 0.05) is 17.7 Å². The second kappa shape index (κ2) is 7.74. The van der Waals surface area contributed by atoms with Gasteiger partial charge in [0.1, 0.15) is 5.82 Å². The standard InChI is InChI=1S/C25H26FNO2/c26-20-6-3-5-16(13-20)18-8-9-21(27-14-18)10-11-23-22-7-2-1-4-17(22)12-19-15-29-25(28)24(19)23/h3,5-6,8-11,13-14,17,19,22-24H,1-2,4,7,12,15H2/b11-10+/t17?,19-,22?,23?,24+/m1/s1. The lowest BCUT2D eigenvalue weighted by molar-refractivity contribution is -0.143. The number of nitrogens with zero attached hydrogens (tertiary/aromatic N) is 1. The number of aromatic nitrogens is 1. The van der Waals surface area contributed by atoms with E-state index in [2.05, 4.69) is 17.1 Å². The molecular weight excluding hydrogens is 365 g/mol. The summed E-state index contributed by atoms with van der Waals surface area (Å²) < 4.78 is 18.9. The first-order valence-electron chi connectivity index (χ1n) is 10.8. The van der Waals surface area contributed by atoms with Gasteiger partial charge in [-0.15, -0.1) is 0 Å². The van der Waals surface area contributed by atoms with E-state index >= 15 is 0 Å². The van der Waals surface area contributed by atoms with Gasteiger partial charge in [-0.25, -0.2) is 4.39 Å². The minimum Gasteiger partial charge on any atom is -0.465 e. The van der Waals surface area contributed by atoms with E-state index in [1.54, 1.807) is 12.3 Å². The minimum absolute atomic E-state index is 0.0110. The summed E-state index contributed by atoms with van der Waals surface area (Å²) in [5, 5.41) is 0. The van der Waals surface area contributed by atoms with Crippen molar-refractivity contribution in [2.75, 3.05) is 6.61 Å². The third kappa shape index (κ3) is 3.61. The van der Waals surface area contributed by atoms with Crippen molar-refractivity contribution in [1.29, 1.82) is 0 Å². The number of pyridine rings is 1. The zero-order valence-corrected chi connectivity index (χ0v) is 16.5. The van der Waals surface area contributed by atoms with Crippen molar-refractivity contribution in [2.24, 2.45) is 29.6 Å². The van der Waals surface area contributed by atoms with Crippen molar-refractivity contribution in [3.63, 3.8) is 0 Å². The second-order valence-electron chi connectivity index (χ2n) is 8.78. The molecule has 3 fully saturated rings. The van der Waals surface area contributed by atoms with Crippen molar-refractivity contribution in [3.8, 4) is 11.1 Å². The Bertz CT molecular complexity index is 923. The molecule has 3 nitrogen and oxygen atoms in total. The number of carbonyl (C=O) groups excluding carboxylic acids is 1. The van der Waals surface area contributed by atoms with E-state index in [1.165, 1.54) is 37.8 Å². The first-order chi connectivity index (χ1) is 14.2. The van der Waals surface area contributed by atoms with Crippen LogP contribution in [-0.2, 0) is 9.53 Å². The highest BCUT2D eigenvalue weighted by atomic mass is 19.1.